The van der Waals surface area contributed by atoms with Crippen LogP contribution >= 0.6 is 10.0 Å². The maximum atomic E-state index is 13.3. The molecule has 0 spiro atoms. The fraction of sp³-hybridized carbons (Fsp3) is 0.360. The molecule has 5 rings (SSSR count). The molecule has 0 fully saturated rings. The SMILES string of the molecule is CC(C)n1c(=O)c2cnc(Nc3ccc4c(c3)CCNC4)nc2n1-c1ccnc(S(C)(C)C)c1. The number of benzene rings is 1. The number of fused-ring (bicyclic) bond motifs is 2. The molecule has 0 bridgehead atoms. The smallest absolute Gasteiger partial charge is 0.278 e. The molecule has 0 aliphatic carbocycles. The molecule has 4 aromatic rings. The van der Waals surface area contributed by atoms with Crippen LogP contribution in [-0.2, 0) is 13.0 Å². The second-order valence-electron chi connectivity index (χ2n) is 9.71. The summed E-state index contributed by atoms with van der Waals surface area (Å²) in [5, 5.41) is 8.27. The van der Waals surface area contributed by atoms with Gasteiger partial charge in [-0.1, -0.05) is 6.07 Å². The summed E-state index contributed by atoms with van der Waals surface area (Å²) in [4.78, 5) is 27.2. The summed E-state index contributed by atoms with van der Waals surface area (Å²) >= 11 is 0. The van der Waals surface area contributed by atoms with Crippen LogP contribution in [0.25, 0.3) is 16.7 Å². The van der Waals surface area contributed by atoms with Gasteiger partial charge < -0.3 is 10.6 Å². The van der Waals surface area contributed by atoms with E-state index in [9.17, 15) is 4.79 Å². The number of hydrogen-bond acceptors (Lipinski definition) is 6. The lowest BCUT2D eigenvalue weighted by molar-refractivity contribution is 0.475. The molecule has 3 aromatic heterocycles. The summed E-state index contributed by atoms with van der Waals surface area (Å²) in [6.07, 6.45) is 11.1. The molecule has 0 radical (unpaired) electrons. The second-order valence-corrected chi connectivity index (χ2v) is 13.8. The van der Waals surface area contributed by atoms with Gasteiger partial charge in [-0.3, -0.25) is 9.78 Å². The number of anilines is 2. The molecule has 2 N–H and O–H groups in total. The first-order valence-corrected chi connectivity index (χ1v) is 14.3. The molecule has 8 nitrogen and oxygen atoms in total. The van der Waals surface area contributed by atoms with E-state index in [-0.39, 0.29) is 11.6 Å². The number of nitrogens with one attached hydrogen (secondary N) is 2. The molecule has 1 aromatic carbocycles. The minimum Gasteiger partial charge on any atom is -0.324 e. The van der Waals surface area contributed by atoms with Crippen molar-refractivity contribution in [1.82, 2.24) is 29.6 Å². The molecule has 9 heteroatoms. The van der Waals surface area contributed by atoms with Crippen LogP contribution in [0.15, 0.2) is 52.5 Å². The fourth-order valence-electron chi connectivity index (χ4n) is 4.32. The lowest BCUT2D eigenvalue weighted by Crippen LogP contribution is -2.24. The average molecular weight is 478 g/mol. The van der Waals surface area contributed by atoms with Crippen molar-refractivity contribution >= 4 is 32.7 Å². The minimum atomic E-state index is -1.03. The van der Waals surface area contributed by atoms with E-state index < -0.39 is 10.0 Å². The van der Waals surface area contributed by atoms with E-state index in [1.807, 2.05) is 36.9 Å². The van der Waals surface area contributed by atoms with Crippen LogP contribution in [0.3, 0.4) is 0 Å². The number of aromatic nitrogens is 5. The molecule has 4 heterocycles. The van der Waals surface area contributed by atoms with Crippen molar-refractivity contribution in [3.8, 4) is 5.69 Å². The maximum absolute atomic E-state index is 13.3. The average Bonchev–Trinajstić information content (AvgIpc) is 3.10. The summed E-state index contributed by atoms with van der Waals surface area (Å²) in [7, 11) is -1.03. The van der Waals surface area contributed by atoms with Crippen LogP contribution in [-0.4, -0.2) is 49.6 Å². The van der Waals surface area contributed by atoms with E-state index in [4.69, 9.17) is 4.98 Å². The van der Waals surface area contributed by atoms with Crippen LogP contribution in [0.2, 0.25) is 0 Å². The van der Waals surface area contributed by atoms with Crippen molar-refractivity contribution in [1.29, 1.82) is 0 Å². The normalized spacial score (nSPS) is 14.4. The Balaban J connectivity index is 1.63. The van der Waals surface area contributed by atoms with E-state index in [1.165, 1.54) is 11.1 Å². The highest BCUT2D eigenvalue weighted by atomic mass is 32.3. The Kier molecular flexibility index (Phi) is 5.69. The molecule has 0 unspecified atom stereocenters. The molecule has 0 saturated carbocycles. The molecule has 0 atom stereocenters. The Morgan fingerprint density at radius 3 is 2.68 bits per heavy atom. The third-order valence-electron chi connectivity index (χ3n) is 6.05. The van der Waals surface area contributed by atoms with E-state index in [0.717, 1.165) is 35.9 Å². The van der Waals surface area contributed by atoms with Crippen LogP contribution < -0.4 is 16.2 Å². The minimum absolute atomic E-state index is 0.0500. The molecule has 0 amide bonds. The van der Waals surface area contributed by atoms with Gasteiger partial charge in [0.2, 0.25) is 5.95 Å². The number of pyridine rings is 1. The molecule has 0 saturated heterocycles. The first-order chi connectivity index (χ1) is 16.2. The Labute approximate surface area is 200 Å². The maximum Gasteiger partial charge on any atom is 0.278 e. The van der Waals surface area contributed by atoms with Gasteiger partial charge in [-0.05, 0) is 81.0 Å². The summed E-state index contributed by atoms with van der Waals surface area (Å²) in [5.41, 5.74) is 4.96. The van der Waals surface area contributed by atoms with Crippen molar-refractivity contribution in [2.45, 2.75) is 37.9 Å². The molecule has 34 heavy (non-hydrogen) atoms. The van der Waals surface area contributed by atoms with Gasteiger partial charge in [-0.25, -0.2) is 24.4 Å². The molecule has 1 aliphatic rings. The summed E-state index contributed by atoms with van der Waals surface area (Å²) in [6, 6.07) is 10.3. The van der Waals surface area contributed by atoms with E-state index in [2.05, 4.69) is 57.6 Å². The third kappa shape index (κ3) is 4.10. The molecule has 178 valence electrons. The zero-order valence-corrected chi connectivity index (χ0v) is 21.1. The summed E-state index contributed by atoms with van der Waals surface area (Å²) < 4.78 is 3.65. The van der Waals surface area contributed by atoms with Crippen LogP contribution in [0.4, 0.5) is 11.6 Å². The zero-order valence-electron chi connectivity index (χ0n) is 20.3. The van der Waals surface area contributed by atoms with E-state index >= 15 is 0 Å². The highest BCUT2D eigenvalue weighted by Gasteiger charge is 2.21. The third-order valence-corrected chi connectivity index (χ3v) is 7.53. The first-order valence-electron chi connectivity index (χ1n) is 11.5. The van der Waals surface area contributed by atoms with Crippen molar-refractivity contribution in [2.75, 3.05) is 30.6 Å². The zero-order chi connectivity index (χ0) is 24.0. The molecule has 1 aliphatic heterocycles. The van der Waals surface area contributed by atoms with Crippen LogP contribution in [0.1, 0.15) is 31.0 Å². The summed E-state index contributed by atoms with van der Waals surface area (Å²) in [6.45, 7) is 5.89. The van der Waals surface area contributed by atoms with Gasteiger partial charge in [0.05, 0.1) is 10.7 Å². The van der Waals surface area contributed by atoms with Gasteiger partial charge in [0.1, 0.15) is 5.39 Å². The standard InChI is InChI=1S/C25H31N7OS/c1-16(2)31-24(33)21-15-28-25(29-19-7-6-18-14-26-10-8-17(18)12-19)30-23(21)32(31)20-9-11-27-22(13-20)34(3,4)5/h6-7,9,11-13,15-16,26H,8,10,14H2,1-5H3,(H,28,29,30). The van der Waals surface area contributed by atoms with Gasteiger partial charge in [0.15, 0.2) is 5.65 Å². The van der Waals surface area contributed by atoms with Crippen molar-refractivity contribution in [2.24, 2.45) is 0 Å². The topological polar surface area (TPSA) is 89.7 Å². The predicted octanol–water partition coefficient (Wildman–Crippen LogP) is 4.00. The van der Waals surface area contributed by atoms with E-state index in [0.29, 0.717) is 17.0 Å². The van der Waals surface area contributed by atoms with Gasteiger partial charge in [-0.15, -0.1) is 0 Å². The van der Waals surface area contributed by atoms with E-state index in [1.54, 1.807) is 10.9 Å². The quantitative estimate of drug-likeness (QED) is 0.452. The fourth-order valence-corrected chi connectivity index (χ4v) is 5.17. The highest BCUT2D eigenvalue weighted by molar-refractivity contribution is 8.32. The van der Waals surface area contributed by atoms with Gasteiger partial charge >= 0.3 is 0 Å². The predicted molar refractivity (Wildman–Crippen MR) is 140 cm³/mol. The summed E-state index contributed by atoms with van der Waals surface area (Å²) in [5.74, 6) is 0.465. The molecular weight excluding hydrogens is 446 g/mol. The number of hydrogen-bond donors (Lipinski definition) is 2. The lowest BCUT2D eigenvalue weighted by atomic mass is 10.0. The Morgan fingerprint density at radius 1 is 1.09 bits per heavy atom. The molecular formula is C25H31N7OS. The van der Waals surface area contributed by atoms with Crippen molar-refractivity contribution in [3.63, 3.8) is 0 Å². The highest BCUT2D eigenvalue weighted by Crippen LogP contribution is 2.44. The van der Waals surface area contributed by atoms with Gasteiger partial charge in [-0.2, -0.15) is 4.98 Å². The number of nitrogens with zero attached hydrogens (tertiary/aromatic N) is 5. The lowest BCUT2D eigenvalue weighted by Gasteiger charge is -2.25. The first kappa shape index (κ1) is 22.6. The van der Waals surface area contributed by atoms with Gasteiger partial charge in [0, 0.05) is 30.7 Å². The van der Waals surface area contributed by atoms with Crippen LogP contribution in [0.5, 0.6) is 0 Å². The Hall–Kier alpha value is -3.17. The number of rotatable bonds is 5. The monoisotopic (exact) mass is 477 g/mol. The second kappa shape index (κ2) is 8.56. The van der Waals surface area contributed by atoms with Crippen LogP contribution in [0, 0.1) is 0 Å². The largest absolute Gasteiger partial charge is 0.324 e. The van der Waals surface area contributed by atoms with Crippen molar-refractivity contribution < 1.29 is 0 Å². The van der Waals surface area contributed by atoms with Gasteiger partial charge in [0.25, 0.3) is 5.56 Å². The van der Waals surface area contributed by atoms with Crippen molar-refractivity contribution in [3.05, 3.63) is 64.2 Å². The Morgan fingerprint density at radius 2 is 1.91 bits per heavy atom. The Bertz CT molecular complexity index is 1430.